The van der Waals surface area contributed by atoms with E-state index >= 15 is 0 Å². The Balaban J connectivity index is 4.96. The van der Waals surface area contributed by atoms with Gasteiger partial charge < -0.3 is 4.74 Å². The molecule has 0 aliphatic carbocycles. The smallest absolute Gasteiger partial charge is 0.185 e. The van der Waals surface area contributed by atoms with Crippen molar-refractivity contribution in [2.75, 3.05) is 61.0 Å². The molecular weight excluding hydrogens is 344 g/mol. The molecule has 0 aliphatic heterocycles. The third-order valence-electron chi connectivity index (χ3n) is 3.12. The first-order valence-corrected chi connectivity index (χ1v) is 10.1. The molecule has 0 aromatic rings. The van der Waals surface area contributed by atoms with E-state index in [0.717, 1.165) is 19.4 Å². The van der Waals surface area contributed by atoms with Gasteiger partial charge in [0, 0.05) is 12.4 Å². The van der Waals surface area contributed by atoms with Crippen LogP contribution in [0.4, 0.5) is 0 Å². The van der Waals surface area contributed by atoms with Crippen molar-refractivity contribution in [1.29, 1.82) is 0 Å². The third-order valence-corrected chi connectivity index (χ3v) is 7.52. The number of alkyl halides is 2. The molecule has 1 unspecified atom stereocenters. The number of unbranched alkanes of at least 4 members (excludes halogenated alkanes) is 1. The maximum absolute atomic E-state index is 5.98. The van der Waals surface area contributed by atoms with Crippen LogP contribution in [0.3, 0.4) is 0 Å². The highest BCUT2D eigenvalue weighted by Gasteiger charge is 2.31. The number of nitrogens with zero attached hydrogens (tertiary/aromatic N) is 4. The first-order valence-electron chi connectivity index (χ1n) is 7.52. The van der Waals surface area contributed by atoms with Crippen molar-refractivity contribution in [3.8, 4) is 0 Å². The maximum Gasteiger partial charge on any atom is 0.185 e. The van der Waals surface area contributed by atoms with Gasteiger partial charge in [0.05, 0.1) is 12.0 Å². The molecule has 0 aliphatic rings. The minimum absolute atomic E-state index is 0.166. The second-order valence-corrected chi connectivity index (χ2v) is 9.98. The molecule has 0 saturated carbocycles. The van der Waals surface area contributed by atoms with E-state index in [-0.39, 0.29) is 5.38 Å². The Morgan fingerprint density at radius 3 is 2.23 bits per heavy atom. The fraction of sp³-hybridized carbons (Fsp3) is 1.00. The van der Waals surface area contributed by atoms with E-state index in [1.165, 1.54) is 0 Å². The minimum atomic E-state index is -2.03. The van der Waals surface area contributed by atoms with Crippen molar-refractivity contribution in [2.24, 2.45) is 4.85 Å². The summed E-state index contributed by atoms with van der Waals surface area (Å²) in [6.07, 6.45) is 2.25. The van der Waals surface area contributed by atoms with E-state index in [2.05, 4.69) is 26.4 Å². The maximum atomic E-state index is 5.98. The van der Waals surface area contributed by atoms with Crippen LogP contribution in [-0.4, -0.2) is 80.4 Å². The number of hydrogen-bond donors (Lipinski definition) is 1. The molecule has 0 amide bonds. The lowest BCUT2D eigenvalue weighted by atomic mass is 10.3. The zero-order valence-electron chi connectivity index (χ0n) is 14.7. The molecule has 0 spiro atoms. The number of hydrogen-bond acceptors (Lipinski definition) is 2. The summed E-state index contributed by atoms with van der Waals surface area (Å²) in [7, 11) is 8.15. The van der Waals surface area contributed by atoms with Crippen molar-refractivity contribution in [1.82, 2.24) is 19.4 Å². The van der Waals surface area contributed by atoms with Crippen molar-refractivity contribution in [3.05, 3.63) is 0 Å². The van der Waals surface area contributed by atoms with Gasteiger partial charge in [0.15, 0.2) is 7.51 Å². The van der Waals surface area contributed by atoms with E-state index in [9.17, 15) is 0 Å². The zero-order chi connectivity index (χ0) is 17.2. The second-order valence-electron chi connectivity index (χ2n) is 5.50. The van der Waals surface area contributed by atoms with E-state index in [1.54, 1.807) is 0 Å². The molecule has 0 heterocycles. The van der Waals surface area contributed by atoms with Gasteiger partial charge in [-0.05, 0) is 41.7 Å². The van der Waals surface area contributed by atoms with Crippen LogP contribution >= 0.6 is 30.7 Å². The molecule has 0 saturated heterocycles. The van der Waals surface area contributed by atoms with Gasteiger partial charge in [0.25, 0.3) is 0 Å². The predicted octanol–water partition coefficient (Wildman–Crippen LogP) is 3.11. The van der Waals surface area contributed by atoms with Gasteiger partial charge >= 0.3 is 0 Å². The number of rotatable bonds is 12. The molecule has 0 aromatic heterocycles. The highest BCUT2D eigenvalue weighted by molar-refractivity contribution is 7.58. The van der Waals surface area contributed by atoms with Crippen LogP contribution < -0.4 is 5.43 Å². The molecule has 6 nitrogen and oxygen atoms in total. The first-order chi connectivity index (χ1) is 10.3. The quantitative estimate of drug-likeness (QED) is 0.186. The van der Waals surface area contributed by atoms with Gasteiger partial charge in [0.2, 0.25) is 0 Å². The highest BCUT2D eigenvalue weighted by Crippen LogP contribution is 2.54. The lowest BCUT2D eigenvalue weighted by Crippen LogP contribution is -2.35. The molecule has 0 aromatic carbocycles. The van der Waals surface area contributed by atoms with E-state index < -0.39 is 7.51 Å². The van der Waals surface area contributed by atoms with Crippen molar-refractivity contribution in [2.45, 2.75) is 25.1 Å². The number of nitrogens with one attached hydrogen (secondary N) is 1. The Bertz CT molecular complexity index is 332. The van der Waals surface area contributed by atoms with Crippen LogP contribution in [-0.2, 0) is 4.74 Å². The highest BCUT2D eigenvalue weighted by atomic mass is 35.5. The fourth-order valence-electron chi connectivity index (χ4n) is 2.06. The van der Waals surface area contributed by atoms with Crippen LogP contribution in [0.15, 0.2) is 4.85 Å². The van der Waals surface area contributed by atoms with Crippen LogP contribution in [0.2, 0.25) is 0 Å². The van der Waals surface area contributed by atoms with Crippen LogP contribution in [0, 0.1) is 0 Å². The standard InChI is InChI=1S/C13H32Cl2N5OP/c1-7-8-9-16-17-22(18(2)3,19(4)5)20(6)12-21-11-13(15)10-14/h13,16H,7-12H2,1-6H3. The molecule has 1 N–H and O–H groups in total. The Labute approximate surface area is 146 Å². The fourth-order valence-corrected chi connectivity index (χ4v) is 5.21. The molecule has 1 atom stereocenters. The zero-order valence-corrected chi connectivity index (χ0v) is 17.1. The molecule has 9 heteroatoms. The van der Waals surface area contributed by atoms with Gasteiger partial charge in [-0.25, -0.2) is 10.1 Å². The van der Waals surface area contributed by atoms with Gasteiger partial charge in [-0.2, -0.15) is 4.85 Å². The Kier molecular flexibility index (Phi) is 12.4. The van der Waals surface area contributed by atoms with Crippen LogP contribution in [0.1, 0.15) is 19.8 Å². The van der Waals surface area contributed by atoms with E-state index in [0.29, 0.717) is 19.2 Å². The lowest BCUT2D eigenvalue weighted by Gasteiger charge is -2.42. The van der Waals surface area contributed by atoms with Crippen LogP contribution in [0.5, 0.6) is 0 Å². The SMILES string of the molecule is CCCCNN=P(N(C)C)(N(C)C)N(C)COCC(Cl)CCl. The molecule has 0 fully saturated rings. The topological polar surface area (TPSA) is 43.3 Å². The van der Waals surface area contributed by atoms with E-state index in [1.807, 2.05) is 35.2 Å². The molecule has 0 rings (SSSR count). The lowest BCUT2D eigenvalue weighted by molar-refractivity contribution is 0.0796. The van der Waals surface area contributed by atoms with Gasteiger partial charge in [-0.1, -0.05) is 13.3 Å². The van der Waals surface area contributed by atoms with Gasteiger partial charge in [0.1, 0.15) is 6.73 Å². The average Bonchev–Trinajstić information content (AvgIpc) is 2.46. The summed E-state index contributed by atoms with van der Waals surface area (Å²) in [4.78, 5) is 4.81. The molecular formula is C13H32Cl2N5OP. The van der Waals surface area contributed by atoms with Crippen molar-refractivity contribution in [3.63, 3.8) is 0 Å². The summed E-state index contributed by atoms with van der Waals surface area (Å²) in [6.45, 7) is 3.93. The van der Waals surface area contributed by atoms with E-state index in [4.69, 9.17) is 32.8 Å². The first kappa shape index (κ1) is 22.6. The van der Waals surface area contributed by atoms with Gasteiger partial charge in [-0.3, -0.25) is 9.34 Å². The summed E-state index contributed by atoms with van der Waals surface area (Å²) in [5.74, 6) is 0.385. The minimum Gasteiger partial charge on any atom is -0.364 e. The van der Waals surface area contributed by atoms with Gasteiger partial charge in [-0.15, -0.1) is 23.2 Å². The number of halogens is 2. The Hall–Kier alpha value is 0.610. The Morgan fingerprint density at radius 2 is 1.77 bits per heavy atom. The second kappa shape index (κ2) is 12.0. The molecule has 0 radical (unpaired) electrons. The average molecular weight is 376 g/mol. The summed E-state index contributed by atoms with van der Waals surface area (Å²) in [5, 5.41) is -0.166. The normalized spacial score (nSPS) is 14.1. The summed E-state index contributed by atoms with van der Waals surface area (Å²) < 4.78 is 12.1. The molecule has 0 bridgehead atoms. The largest absolute Gasteiger partial charge is 0.364 e. The summed E-state index contributed by atoms with van der Waals surface area (Å²) >= 11 is 11.7. The van der Waals surface area contributed by atoms with Crippen LogP contribution in [0.25, 0.3) is 0 Å². The van der Waals surface area contributed by atoms with Crippen molar-refractivity contribution < 1.29 is 4.74 Å². The summed E-state index contributed by atoms with van der Waals surface area (Å²) in [6, 6.07) is 0. The predicted molar refractivity (Wildman–Crippen MR) is 98.6 cm³/mol. The van der Waals surface area contributed by atoms with Crippen molar-refractivity contribution >= 4 is 30.7 Å². The number of ether oxygens (including phenoxy) is 1. The molecule has 22 heavy (non-hydrogen) atoms. The molecule has 134 valence electrons. The third kappa shape index (κ3) is 7.02. The Morgan fingerprint density at radius 1 is 1.18 bits per heavy atom. The summed E-state index contributed by atoms with van der Waals surface area (Å²) in [5.41, 5.74) is 3.23. The monoisotopic (exact) mass is 375 g/mol.